The van der Waals surface area contributed by atoms with Crippen molar-refractivity contribution in [2.75, 3.05) is 14.2 Å². The van der Waals surface area contributed by atoms with Gasteiger partial charge in [0, 0.05) is 12.3 Å². The largest absolute Gasteiger partial charge is 0.468 e. The van der Waals surface area contributed by atoms with Gasteiger partial charge in [0.05, 0.1) is 14.2 Å². The molecule has 2 aliphatic rings. The van der Waals surface area contributed by atoms with Crippen molar-refractivity contribution >= 4 is 17.9 Å². The van der Waals surface area contributed by atoms with Crippen molar-refractivity contribution in [2.24, 2.45) is 16.7 Å². The van der Waals surface area contributed by atoms with Crippen LogP contribution in [0, 0.1) is 16.7 Å². The SMILES string of the molecule is CCC/C=C(\OC(C)=O)[C@]12C[C@H]1CC(C(=O)OC)(C(=O)OC)C2. The van der Waals surface area contributed by atoms with Crippen LogP contribution in [-0.2, 0) is 28.6 Å². The van der Waals surface area contributed by atoms with Crippen LogP contribution in [0.25, 0.3) is 0 Å². The van der Waals surface area contributed by atoms with E-state index in [0.29, 0.717) is 12.2 Å². The van der Waals surface area contributed by atoms with E-state index < -0.39 is 22.8 Å². The highest BCUT2D eigenvalue weighted by Gasteiger charge is 2.73. The molecule has 2 rings (SSSR count). The average molecular weight is 324 g/mol. The first kappa shape index (κ1) is 17.5. The fourth-order valence-corrected chi connectivity index (χ4v) is 3.85. The molecule has 0 aliphatic heterocycles. The highest BCUT2D eigenvalue weighted by Crippen LogP contribution is 2.73. The quantitative estimate of drug-likeness (QED) is 0.323. The van der Waals surface area contributed by atoms with Crippen LogP contribution in [0.2, 0.25) is 0 Å². The van der Waals surface area contributed by atoms with Gasteiger partial charge >= 0.3 is 17.9 Å². The van der Waals surface area contributed by atoms with E-state index in [1.807, 2.05) is 13.0 Å². The maximum Gasteiger partial charge on any atom is 0.323 e. The number of esters is 3. The highest BCUT2D eigenvalue weighted by molar-refractivity contribution is 6.01. The van der Waals surface area contributed by atoms with Crippen LogP contribution in [0.1, 0.15) is 46.0 Å². The summed E-state index contributed by atoms with van der Waals surface area (Å²) >= 11 is 0. The second kappa shape index (κ2) is 6.34. The fraction of sp³-hybridized carbons (Fsp3) is 0.706. The number of fused-ring (bicyclic) bond motifs is 1. The lowest BCUT2D eigenvalue weighted by atomic mass is 9.80. The number of carbonyl (C=O) groups is 3. The van der Waals surface area contributed by atoms with Gasteiger partial charge in [-0.2, -0.15) is 0 Å². The maximum absolute atomic E-state index is 12.3. The molecule has 0 bridgehead atoms. The van der Waals surface area contributed by atoms with Crippen LogP contribution in [0.5, 0.6) is 0 Å². The number of allylic oxidation sites excluding steroid dienone is 2. The Hall–Kier alpha value is -1.85. The zero-order valence-corrected chi connectivity index (χ0v) is 14.1. The topological polar surface area (TPSA) is 78.9 Å². The van der Waals surface area contributed by atoms with Crippen LogP contribution >= 0.6 is 0 Å². The summed E-state index contributed by atoms with van der Waals surface area (Å²) in [6.07, 6.45) is 5.06. The number of unbranched alkanes of at least 4 members (excludes halogenated alkanes) is 1. The van der Waals surface area contributed by atoms with Crippen molar-refractivity contribution in [3.8, 4) is 0 Å². The van der Waals surface area contributed by atoms with Gasteiger partial charge in [-0.25, -0.2) is 0 Å². The summed E-state index contributed by atoms with van der Waals surface area (Å²) in [6.45, 7) is 3.39. The molecule has 0 amide bonds. The molecule has 0 spiro atoms. The summed E-state index contributed by atoms with van der Waals surface area (Å²) in [4.78, 5) is 35.9. The Bertz CT molecular complexity index is 533. The molecule has 2 saturated carbocycles. The van der Waals surface area contributed by atoms with Crippen LogP contribution < -0.4 is 0 Å². The van der Waals surface area contributed by atoms with Gasteiger partial charge < -0.3 is 14.2 Å². The zero-order chi connectivity index (χ0) is 17.3. The first-order valence-corrected chi connectivity index (χ1v) is 7.92. The number of hydrogen-bond donors (Lipinski definition) is 0. The van der Waals surface area contributed by atoms with Crippen LogP contribution in [0.4, 0.5) is 0 Å². The van der Waals surface area contributed by atoms with E-state index in [4.69, 9.17) is 14.2 Å². The van der Waals surface area contributed by atoms with Crippen molar-refractivity contribution in [1.82, 2.24) is 0 Å². The minimum Gasteiger partial charge on any atom is -0.468 e. The molecular weight excluding hydrogens is 300 g/mol. The molecule has 6 nitrogen and oxygen atoms in total. The van der Waals surface area contributed by atoms with Gasteiger partial charge in [-0.1, -0.05) is 13.3 Å². The Morgan fingerprint density at radius 1 is 1.13 bits per heavy atom. The van der Waals surface area contributed by atoms with Gasteiger partial charge in [0.1, 0.15) is 5.76 Å². The van der Waals surface area contributed by atoms with Crippen molar-refractivity contribution in [3.63, 3.8) is 0 Å². The Morgan fingerprint density at radius 2 is 1.74 bits per heavy atom. The predicted molar refractivity (Wildman–Crippen MR) is 81.0 cm³/mol. The average Bonchev–Trinajstić information content (AvgIpc) is 3.11. The molecule has 0 radical (unpaired) electrons. The first-order chi connectivity index (χ1) is 10.9. The van der Waals surface area contributed by atoms with E-state index in [0.717, 1.165) is 19.3 Å². The molecule has 6 heteroatoms. The van der Waals surface area contributed by atoms with E-state index in [9.17, 15) is 14.4 Å². The van der Waals surface area contributed by atoms with Crippen LogP contribution in [0.15, 0.2) is 11.8 Å². The number of rotatable bonds is 6. The van der Waals surface area contributed by atoms with E-state index in [1.165, 1.54) is 21.1 Å². The molecule has 0 aromatic heterocycles. The normalized spacial score (nSPS) is 27.8. The highest BCUT2D eigenvalue weighted by atomic mass is 16.5. The predicted octanol–water partition coefficient (Wildman–Crippen LogP) is 2.37. The van der Waals surface area contributed by atoms with E-state index in [2.05, 4.69) is 0 Å². The van der Waals surface area contributed by atoms with Gasteiger partial charge in [0.2, 0.25) is 0 Å². The number of ether oxygens (including phenoxy) is 3. The molecule has 0 aromatic rings. The molecule has 2 aliphatic carbocycles. The van der Waals surface area contributed by atoms with Gasteiger partial charge in [-0.15, -0.1) is 0 Å². The van der Waals surface area contributed by atoms with Gasteiger partial charge in [-0.05, 0) is 37.7 Å². The second-order valence-electron chi connectivity index (χ2n) is 6.45. The third kappa shape index (κ3) is 2.86. The molecule has 128 valence electrons. The Labute approximate surface area is 136 Å². The smallest absolute Gasteiger partial charge is 0.323 e. The Kier molecular flexibility index (Phi) is 4.82. The van der Waals surface area contributed by atoms with Crippen molar-refractivity contribution in [1.29, 1.82) is 0 Å². The summed E-state index contributed by atoms with van der Waals surface area (Å²) in [5.74, 6) is -0.821. The summed E-state index contributed by atoms with van der Waals surface area (Å²) in [5.41, 5.74) is -1.72. The molecule has 0 aromatic carbocycles. The lowest BCUT2D eigenvalue weighted by Crippen LogP contribution is -2.41. The molecular formula is C17H24O6. The Balaban J connectivity index is 2.33. The maximum atomic E-state index is 12.3. The molecule has 23 heavy (non-hydrogen) atoms. The van der Waals surface area contributed by atoms with Crippen molar-refractivity contribution < 1.29 is 28.6 Å². The monoisotopic (exact) mass is 324 g/mol. The molecule has 0 saturated heterocycles. The van der Waals surface area contributed by atoms with E-state index >= 15 is 0 Å². The van der Waals surface area contributed by atoms with Gasteiger partial charge in [0.25, 0.3) is 0 Å². The Morgan fingerprint density at radius 3 is 2.22 bits per heavy atom. The standard InChI is InChI=1S/C17H24O6/c1-5-6-7-13(23-11(2)18)16-8-12(16)9-17(10-16,14(19)21-3)15(20)22-4/h7,12H,5-6,8-10H2,1-4H3/b13-7-/t12-,16-/m0/s1. The third-order valence-corrected chi connectivity index (χ3v) is 4.96. The van der Waals surface area contributed by atoms with Crippen LogP contribution in [0.3, 0.4) is 0 Å². The number of carbonyl (C=O) groups excluding carboxylic acids is 3. The molecule has 0 unspecified atom stereocenters. The summed E-state index contributed by atoms with van der Waals surface area (Å²) in [7, 11) is 2.53. The van der Waals surface area contributed by atoms with E-state index in [1.54, 1.807) is 0 Å². The minimum absolute atomic E-state index is 0.128. The van der Waals surface area contributed by atoms with E-state index in [-0.39, 0.29) is 18.3 Å². The summed E-state index contributed by atoms with van der Waals surface area (Å²) in [5, 5.41) is 0. The van der Waals surface area contributed by atoms with Gasteiger partial charge in [-0.3, -0.25) is 14.4 Å². The zero-order valence-electron chi connectivity index (χ0n) is 14.1. The van der Waals surface area contributed by atoms with Crippen LogP contribution in [-0.4, -0.2) is 32.1 Å². The summed E-state index contributed by atoms with van der Waals surface area (Å²) < 4.78 is 15.1. The molecule has 0 heterocycles. The lowest BCUT2D eigenvalue weighted by Gasteiger charge is -2.27. The number of hydrogen-bond acceptors (Lipinski definition) is 6. The van der Waals surface area contributed by atoms with Crippen molar-refractivity contribution in [2.45, 2.75) is 46.0 Å². The summed E-state index contributed by atoms with van der Waals surface area (Å²) in [6, 6.07) is 0. The number of methoxy groups -OCH3 is 2. The lowest BCUT2D eigenvalue weighted by molar-refractivity contribution is -0.169. The fourth-order valence-electron chi connectivity index (χ4n) is 3.85. The second-order valence-corrected chi connectivity index (χ2v) is 6.45. The minimum atomic E-state index is -1.29. The third-order valence-electron chi connectivity index (χ3n) is 4.96. The van der Waals surface area contributed by atoms with Crippen molar-refractivity contribution in [3.05, 3.63) is 11.8 Å². The molecule has 0 N–H and O–H groups in total. The molecule has 2 atom stereocenters. The first-order valence-electron chi connectivity index (χ1n) is 7.92. The molecule has 2 fully saturated rings. The van der Waals surface area contributed by atoms with Gasteiger partial charge in [0.15, 0.2) is 5.41 Å².